The zero-order valence-electron chi connectivity index (χ0n) is 9.60. The van der Waals surface area contributed by atoms with E-state index in [9.17, 15) is 14.3 Å². The van der Waals surface area contributed by atoms with Crippen LogP contribution in [0.25, 0.3) is 0 Å². The lowest BCUT2D eigenvalue weighted by molar-refractivity contribution is -0.149. The molecular formula is C11H14BrClFNO3. The van der Waals surface area contributed by atoms with Gasteiger partial charge in [-0.2, -0.15) is 0 Å². The van der Waals surface area contributed by atoms with E-state index in [-0.39, 0.29) is 30.3 Å². The van der Waals surface area contributed by atoms with Crippen molar-refractivity contribution in [3.63, 3.8) is 0 Å². The molecule has 2 atom stereocenters. The van der Waals surface area contributed by atoms with E-state index >= 15 is 0 Å². The highest BCUT2D eigenvalue weighted by Crippen LogP contribution is 2.32. The van der Waals surface area contributed by atoms with Gasteiger partial charge in [0.25, 0.3) is 0 Å². The monoisotopic (exact) mass is 341 g/mol. The van der Waals surface area contributed by atoms with Crippen LogP contribution in [0, 0.1) is 0 Å². The summed E-state index contributed by atoms with van der Waals surface area (Å²) < 4.78 is 18.6. The van der Waals surface area contributed by atoms with Gasteiger partial charge in [-0.15, -0.1) is 12.4 Å². The molecule has 102 valence electrons. The predicted molar refractivity (Wildman–Crippen MR) is 71.5 cm³/mol. The van der Waals surface area contributed by atoms with Crippen LogP contribution in [0.5, 0.6) is 5.75 Å². The van der Waals surface area contributed by atoms with E-state index in [1.807, 2.05) is 0 Å². The Balaban J connectivity index is 0.00000289. The Kier molecular flexibility index (Phi) is 7.20. The summed E-state index contributed by atoms with van der Waals surface area (Å²) in [5.74, 6) is -1.20. The minimum atomic E-state index is -2.00. The van der Waals surface area contributed by atoms with Crippen molar-refractivity contribution in [2.24, 2.45) is 5.73 Å². The third-order valence-electron chi connectivity index (χ3n) is 2.20. The number of benzene rings is 1. The second-order valence-corrected chi connectivity index (χ2v) is 4.21. The second kappa shape index (κ2) is 7.56. The Morgan fingerprint density at radius 3 is 2.78 bits per heavy atom. The van der Waals surface area contributed by atoms with Crippen molar-refractivity contribution in [2.75, 3.05) is 6.61 Å². The van der Waals surface area contributed by atoms with Gasteiger partial charge in [0.15, 0.2) is 0 Å². The van der Waals surface area contributed by atoms with Crippen molar-refractivity contribution >= 4 is 34.3 Å². The lowest BCUT2D eigenvalue weighted by Crippen LogP contribution is -2.31. The van der Waals surface area contributed by atoms with Crippen molar-refractivity contribution in [3.05, 3.63) is 28.2 Å². The fourth-order valence-electron chi connectivity index (χ4n) is 1.33. The van der Waals surface area contributed by atoms with Crippen LogP contribution in [0.3, 0.4) is 0 Å². The van der Waals surface area contributed by atoms with Gasteiger partial charge in [-0.1, -0.05) is 12.1 Å². The molecular weight excluding hydrogens is 328 g/mol. The lowest BCUT2D eigenvalue weighted by atomic mass is 10.0. The first kappa shape index (κ1) is 17.2. The molecule has 0 saturated heterocycles. The van der Waals surface area contributed by atoms with Crippen LogP contribution in [-0.4, -0.2) is 23.9 Å². The van der Waals surface area contributed by atoms with Crippen molar-refractivity contribution < 1.29 is 19.0 Å². The van der Waals surface area contributed by atoms with E-state index in [0.717, 1.165) is 0 Å². The molecule has 1 rings (SSSR count). The third kappa shape index (κ3) is 3.83. The topological polar surface area (TPSA) is 72.5 Å². The first-order valence-corrected chi connectivity index (χ1v) is 5.82. The Bertz CT molecular complexity index is 419. The molecule has 1 aromatic rings. The standard InChI is InChI=1S/C11H13BrFNO3.ClH/c1-2-17-11(16)8(13)9(14)6-4-3-5-7(12)10(6)15;/h3-5,8-9,15H,2,14H2,1H3;1H/t8?,9-;/m0./s1. The van der Waals surface area contributed by atoms with E-state index < -0.39 is 18.2 Å². The molecule has 1 unspecified atom stereocenters. The fourth-order valence-corrected chi connectivity index (χ4v) is 1.71. The van der Waals surface area contributed by atoms with Crippen LogP contribution in [0.2, 0.25) is 0 Å². The summed E-state index contributed by atoms with van der Waals surface area (Å²) in [6.45, 7) is 1.66. The van der Waals surface area contributed by atoms with E-state index in [1.54, 1.807) is 19.1 Å². The summed E-state index contributed by atoms with van der Waals surface area (Å²) >= 11 is 3.09. The Hall–Kier alpha value is -0.850. The normalized spacial score (nSPS) is 13.3. The fraction of sp³-hybridized carbons (Fsp3) is 0.364. The van der Waals surface area contributed by atoms with Crippen LogP contribution in [0.15, 0.2) is 22.7 Å². The number of rotatable bonds is 4. The number of hydrogen-bond acceptors (Lipinski definition) is 4. The molecule has 7 heteroatoms. The molecule has 0 fully saturated rings. The van der Waals surface area contributed by atoms with Gasteiger partial charge < -0.3 is 15.6 Å². The highest BCUT2D eigenvalue weighted by atomic mass is 79.9. The zero-order chi connectivity index (χ0) is 13.0. The summed E-state index contributed by atoms with van der Waals surface area (Å²) in [6.07, 6.45) is -2.00. The molecule has 4 nitrogen and oxygen atoms in total. The molecule has 0 aromatic heterocycles. The largest absolute Gasteiger partial charge is 0.506 e. The molecule has 0 amide bonds. The number of nitrogens with two attached hydrogens (primary N) is 1. The van der Waals surface area contributed by atoms with Gasteiger partial charge >= 0.3 is 5.97 Å². The first-order chi connectivity index (χ1) is 7.99. The van der Waals surface area contributed by atoms with E-state index in [1.165, 1.54) is 6.07 Å². The van der Waals surface area contributed by atoms with Crippen molar-refractivity contribution in [2.45, 2.75) is 19.1 Å². The van der Waals surface area contributed by atoms with E-state index in [2.05, 4.69) is 20.7 Å². The smallest absolute Gasteiger partial charge is 0.342 e. The number of esters is 1. The molecule has 0 spiro atoms. The molecule has 18 heavy (non-hydrogen) atoms. The number of phenols is 1. The Labute approximate surface area is 119 Å². The average molecular weight is 343 g/mol. The number of halogens is 3. The SMILES string of the molecule is CCOC(=O)C(F)[C@@H](N)c1cccc(Br)c1O.Cl. The van der Waals surface area contributed by atoms with Crippen molar-refractivity contribution in [1.82, 2.24) is 0 Å². The van der Waals surface area contributed by atoms with Gasteiger partial charge in [0.2, 0.25) is 6.17 Å². The maximum Gasteiger partial charge on any atom is 0.342 e. The number of ether oxygens (including phenoxy) is 1. The molecule has 0 bridgehead atoms. The summed E-state index contributed by atoms with van der Waals surface area (Å²) in [5.41, 5.74) is 5.74. The van der Waals surface area contributed by atoms with Crippen LogP contribution in [-0.2, 0) is 9.53 Å². The van der Waals surface area contributed by atoms with E-state index in [4.69, 9.17) is 5.73 Å². The Morgan fingerprint density at radius 1 is 1.61 bits per heavy atom. The molecule has 0 saturated carbocycles. The number of carbonyl (C=O) groups excluding carboxylic acids is 1. The van der Waals surface area contributed by atoms with Gasteiger partial charge in [0, 0.05) is 5.56 Å². The van der Waals surface area contributed by atoms with Crippen molar-refractivity contribution in [1.29, 1.82) is 0 Å². The first-order valence-electron chi connectivity index (χ1n) is 5.02. The number of para-hydroxylation sites is 1. The van der Waals surface area contributed by atoms with Gasteiger partial charge in [-0.25, -0.2) is 9.18 Å². The molecule has 0 aliphatic carbocycles. The van der Waals surface area contributed by atoms with Crippen LogP contribution >= 0.6 is 28.3 Å². The van der Waals surface area contributed by atoms with Gasteiger partial charge in [0.05, 0.1) is 17.1 Å². The third-order valence-corrected chi connectivity index (χ3v) is 2.84. The van der Waals surface area contributed by atoms with E-state index in [0.29, 0.717) is 4.47 Å². The summed E-state index contributed by atoms with van der Waals surface area (Å²) in [4.78, 5) is 11.2. The summed E-state index contributed by atoms with van der Waals surface area (Å²) in [7, 11) is 0. The molecule has 0 aliphatic rings. The van der Waals surface area contributed by atoms with Crippen LogP contribution in [0.4, 0.5) is 4.39 Å². The highest BCUT2D eigenvalue weighted by molar-refractivity contribution is 9.10. The summed E-state index contributed by atoms with van der Waals surface area (Å²) in [6, 6.07) is 3.38. The average Bonchev–Trinajstić information content (AvgIpc) is 2.31. The van der Waals surface area contributed by atoms with Gasteiger partial charge in [-0.05, 0) is 28.9 Å². The zero-order valence-corrected chi connectivity index (χ0v) is 12.0. The second-order valence-electron chi connectivity index (χ2n) is 3.36. The van der Waals surface area contributed by atoms with Gasteiger partial charge in [0.1, 0.15) is 5.75 Å². The van der Waals surface area contributed by atoms with Crippen LogP contribution in [0.1, 0.15) is 18.5 Å². The number of aromatic hydroxyl groups is 1. The predicted octanol–water partition coefficient (Wildman–Crippen LogP) is 2.48. The van der Waals surface area contributed by atoms with Crippen molar-refractivity contribution in [3.8, 4) is 5.75 Å². The number of alkyl halides is 1. The number of carbonyl (C=O) groups is 1. The maximum absolute atomic E-state index is 13.6. The number of phenolic OH excluding ortho intramolecular Hbond substituents is 1. The maximum atomic E-state index is 13.6. The quantitative estimate of drug-likeness (QED) is 0.825. The Morgan fingerprint density at radius 2 is 2.22 bits per heavy atom. The number of hydrogen-bond donors (Lipinski definition) is 2. The minimum absolute atomic E-state index is 0. The molecule has 0 aliphatic heterocycles. The van der Waals surface area contributed by atoms with Gasteiger partial charge in [-0.3, -0.25) is 0 Å². The van der Waals surface area contributed by atoms with Crippen LogP contribution < -0.4 is 5.73 Å². The molecule has 3 N–H and O–H groups in total. The summed E-state index contributed by atoms with van der Waals surface area (Å²) in [5, 5.41) is 9.68. The lowest BCUT2D eigenvalue weighted by Gasteiger charge is -2.17. The molecule has 0 heterocycles. The molecule has 1 aromatic carbocycles. The minimum Gasteiger partial charge on any atom is -0.506 e. The highest BCUT2D eigenvalue weighted by Gasteiger charge is 2.29. The molecule has 0 radical (unpaired) electrons.